The average Bonchev–Trinajstić information content (AvgIpc) is 2.82. The Morgan fingerprint density at radius 3 is 2.56 bits per heavy atom. The number of nitrogens with one attached hydrogen (secondary N) is 1. The number of ketones is 1. The number of aromatic hydroxyl groups is 1. The van der Waals surface area contributed by atoms with Crippen LogP contribution in [0.2, 0.25) is 0 Å². The molecule has 0 aromatic heterocycles. The maximum Gasteiger partial charge on any atom is 0.315 e. The molecule has 0 saturated heterocycles. The maximum atomic E-state index is 13.6. The van der Waals surface area contributed by atoms with E-state index in [-0.39, 0.29) is 35.7 Å². The molecular formula is C28H31NO5. The van der Waals surface area contributed by atoms with Gasteiger partial charge in [-0.15, -0.1) is 0 Å². The number of hydrogen-bond acceptors (Lipinski definition) is 6. The number of benzene rings is 2. The molecule has 1 heterocycles. The fourth-order valence-corrected chi connectivity index (χ4v) is 4.87. The highest BCUT2D eigenvalue weighted by atomic mass is 16.5. The van der Waals surface area contributed by atoms with Crippen LogP contribution in [0.4, 0.5) is 0 Å². The second-order valence-electron chi connectivity index (χ2n) is 9.39. The van der Waals surface area contributed by atoms with Crippen molar-refractivity contribution < 1.29 is 24.2 Å². The van der Waals surface area contributed by atoms with Gasteiger partial charge in [-0.2, -0.15) is 0 Å². The van der Waals surface area contributed by atoms with Crippen molar-refractivity contribution >= 4 is 11.8 Å². The van der Waals surface area contributed by atoms with Gasteiger partial charge in [0.1, 0.15) is 5.92 Å². The number of phenolic OH excluding ortho intramolecular Hbond substituents is 1. The first-order valence-corrected chi connectivity index (χ1v) is 11.6. The molecule has 6 nitrogen and oxygen atoms in total. The summed E-state index contributed by atoms with van der Waals surface area (Å²) in [5.74, 6) is -1.28. The molecule has 2 aromatic rings. The molecule has 0 fully saturated rings. The molecule has 2 aliphatic rings. The minimum absolute atomic E-state index is 0.00574. The Hall–Kier alpha value is -3.54. The zero-order chi connectivity index (χ0) is 24.4. The number of rotatable bonds is 6. The maximum absolute atomic E-state index is 13.6. The molecule has 2 aromatic carbocycles. The Balaban J connectivity index is 1.79. The topological polar surface area (TPSA) is 84.9 Å². The van der Waals surface area contributed by atoms with Crippen molar-refractivity contribution in [1.29, 1.82) is 0 Å². The van der Waals surface area contributed by atoms with Gasteiger partial charge in [0.2, 0.25) is 0 Å². The minimum atomic E-state index is -0.774. The minimum Gasteiger partial charge on any atom is -0.504 e. The molecule has 3 unspecified atom stereocenters. The molecule has 0 amide bonds. The van der Waals surface area contributed by atoms with Gasteiger partial charge in [-0.25, -0.2) is 0 Å². The normalized spacial score (nSPS) is 22.3. The van der Waals surface area contributed by atoms with E-state index in [1.54, 1.807) is 12.1 Å². The van der Waals surface area contributed by atoms with Crippen LogP contribution in [0.1, 0.15) is 49.7 Å². The van der Waals surface area contributed by atoms with Crippen LogP contribution in [0.3, 0.4) is 0 Å². The molecule has 0 spiro atoms. The van der Waals surface area contributed by atoms with Gasteiger partial charge >= 0.3 is 5.97 Å². The second-order valence-corrected chi connectivity index (χ2v) is 9.39. The van der Waals surface area contributed by atoms with Gasteiger partial charge in [-0.05, 0) is 41.5 Å². The molecule has 0 bridgehead atoms. The standard InChI is InChI=1S/C28H31NO5/c1-16(2)15-34-28(32)25-17(3)29-21-12-20(18-8-6-5-7-9-18)13-23(31)27(21)26(25)19-10-11-22(30)24(14-19)33-4/h5-11,14,16,20,25-26,29-30H,3,12-13,15H2,1-2,4H3. The second kappa shape index (κ2) is 9.75. The molecule has 178 valence electrons. The molecular weight excluding hydrogens is 430 g/mol. The molecule has 0 saturated carbocycles. The molecule has 1 aliphatic carbocycles. The van der Waals surface area contributed by atoms with Crippen LogP contribution in [0, 0.1) is 11.8 Å². The van der Waals surface area contributed by atoms with Crippen LogP contribution in [0.25, 0.3) is 0 Å². The van der Waals surface area contributed by atoms with Crippen molar-refractivity contribution in [3.63, 3.8) is 0 Å². The third-order valence-electron chi connectivity index (χ3n) is 6.49. The van der Waals surface area contributed by atoms with Crippen LogP contribution in [0.15, 0.2) is 72.1 Å². The van der Waals surface area contributed by atoms with Crippen molar-refractivity contribution in [3.8, 4) is 11.5 Å². The van der Waals surface area contributed by atoms with Gasteiger partial charge in [0, 0.05) is 29.3 Å². The summed E-state index contributed by atoms with van der Waals surface area (Å²) < 4.78 is 10.9. The number of carbonyl (C=O) groups excluding carboxylic acids is 2. The Labute approximate surface area is 200 Å². The summed E-state index contributed by atoms with van der Waals surface area (Å²) >= 11 is 0. The van der Waals surface area contributed by atoms with E-state index in [4.69, 9.17) is 9.47 Å². The Morgan fingerprint density at radius 2 is 1.88 bits per heavy atom. The number of phenols is 1. The number of methoxy groups -OCH3 is 1. The SMILES string of the molecule is C=C1NC2=C(C(=O)CC(c3ccccc3)C2)C(c2ccc(O)c(OC)c2)C1C(=O)OCC(C)C. The fraction of sp³-hybridized carbons (Fsp3) is 0.357. The molecule has 4 rings (SSSR count). The summed E-state index contributed by atoms with van der Waals surface area (Å²) in [4.78, 5) is 26.8. The summed E-state index contributed by atoms with van der Waals surface area (Å²) in [6.07, 6.45) is 1.00. The van der Waals surface area contributed by atoms with Gasteiger partial charge in [0.05, 0.1) is 13.7 Å². The van der Waals surface area contributed by atoms with Crippen molar-refractivity contribution in [2.24, 2.45) is 11.8 Å². The van der Waals surface area contributed by atoms with E-state index in [0.717, 1.165) is 11.3 Å². The van der Waals surface area contributed by atoms with Crippen LogP contribution in [0.5, 0.6) is 11.5 Å². The van der Waals surface area contributed by atoms with Crippen molar-refractivity contribution in [3.05, 3.63) is 83.2 Å². The molecule has 6 heteroatoms. The van der Waals surface area contributed by atoms with Gasteiger partial charge in [-0.1, -0.05) is 56.8 Å². The summed E-state index contributed by atoms with van der Waals surface area (Å²) in [5, 5.41) is 13.4. The number of carbonyl (C=O) groups is 2. The van der Waals surface area contributed by atoms with Gasteiger partial charge in [-0.3, -0.25) is 9.59 Å². The number of esters is 1. The van der Waals surface area contributed by atoms with E-state index in [0.29, 0.717) is 29.7 Å². The highest BCUT2D eigenvalue weighted by molar-refractivity contribution is 6.01. The largest absolute Gasteiger partial charge is 0.504 e. The van der Waals surface area contributed by atoms with E-state index in [1.165, 1.54) is 13.2 Å². The van der Waals surface area contributed by atoms with Crippen LogP contribution in [-0.4, -0.2) is 30.6 Å². The van der Waals surface area contributed by atoms with Crippen molar-refractivity contribution in [2.75, 3.05) is 13.7 Å². The molecule has 3 atom stereocenters. The Kier molecular flexibility index (Phi) is 6.77. The molecule has 34 heavy (non-hydrogen) atoms. The zero-order valence-corrected chi connectivity index (χ0v) is 19.8. The number of allylic oxidation sites excluding steroid dienone is 2. The van der Waals surface area contributed by atoms with E-state index < -0.39 is 17.8 Å². The first-order chi connectivity index (χ1) is 16.3. The lowest BCUT2D eigenvalue weighted by Crippen LogP contribution is -2.42. The van der Waals surface area contributed by atoms with Crippen molar-refractivity contribution in [1.82, 2.24) is 5.32 Å². The van der Waals surface area contributed by atoms with E-state index in [2.05, 4.69) is 11.9 Å². The van der Waals surface area contributed by atoms with E-state index >= 15 is 0 Å². The fourth-order valence-electron chi connectivity index (χ4n) is 4.87. The lowest BCUT2D eigenvalue weighted by Gasteiger charge is -2.40. The quantitative estimate of drug-likeness (QED) is 0.600. The van der Waals surface area contributed by atoms with Crippen molar-refractivity contribution in [2.45, 2.75) is 38.5 Å². The van der Waals surface area contributed by atoms with Gasteiger partial charge in [0.15, 0.2) is 17.3 Å². The van der Waals surface area contributed by atoms with Gasteiger partial charge < -0.3 is 19.9 Å². The summed E-state index contributed by atoms with van der Waals surface area (Å²) in [6, 6.07) is 14.9. The third-order valence-corrected chi connectivity index (χ3v) is 6.49. The summed E-state index contributed by atoms with van der Waals surface area (Å²) in [7, 11) is 1.47. The lowest BCUT2D eigenvalue weighted by molar-refractivity contribution is -0.149. The number of Topliss-reactive ketones (excluding diaryl/α,β-unsaturated/α-hetero) is 1. The van der Waals surface area contributed by atoms with Crippen LogP contribution < -0.4 is 10.1 Å². The number of hydrogen-bond donors (Lipinski definition) is 2. The van der Waals surface area contributed by atoms with Crippen LogP contribution >= 0.6 is 0 Å². The smallest absolute Gasteiger partial charge is 0.315 e. The lowest BCUT2D eigenvalue weighted by atomic mass is 9.69. The zero-order valence-electron chi connectivity index (χ0n) is 19.8. The first-order valence-electron chi connectivity index (χ1n) is 11.6. The van der Waals surface area contributed by atoms with E-state index in [9.17, 15) is 14.7 Å². The molecule has 0 radical (unpaired) electrons. The average molecular weight is 462 g/mol. The molecule has 1 aliphatic heterocycles. The summed E-state index contributed by atoms with van der Waals surface area (Å²) in [5.41, 5.74) is 3.68. The van der Waals surface area contributed by atoms with E-state index in [1.807, 2.05) is 44.2 Å². The monoisotopic (exact) mass is 461 g/mol. The Morgan fingerprint density at radius 1 is 1.15 bits per heavy atom. The predicted octanol–water partition coefficient (Wildman–Crippen LogP) is 4.82. The first kappa shape index (κ1) is 23.6. The predicted molar refractivity (Wildman–Crippen MR) is 129 cm³/mol. The highest BCUT2D eigenvalue weighted by Gasteiger charge is 2.45. The third kappa shape index (κ3) is 4.58. The van der Waals surface area contributed by atoms with Crippen LogP contribution in [-0.2, 0) is 14.3 Å². The Bertz CT molecular complexity index is 1130. The number of ether oxygens (including phenoxy) is 2. The summed E-state index contributed by atoms with van der Waals surface area (Å²) in [6.45, 7) is 8.38. The molecule has 2 N–H and O–H groups in total. The van der Waals surface area contributed by atoms with Gasteiger partial charge in [0.25, 0.3) is 0 Å². The highest BCUT2D eigenvalue weighted by Crippen LogP contribution is 2.48.